The summed E-state index contributed by atoms with van der Waals surface area (Å²) in [5.41, 5.74) is 1.28. The van der Waals surface area contributed by atoms with Gasteiger partial charge >= 0.3 is 0 Å². The summed E-state index contributed by atoms with van der Waals surface area (Å²) in [6.07, 6.45) is -1.84. The van der Waals surface area contributed by atoms with Gasteiger partial charge in [-0.2, -0.15) is 0 Å². The van der Waals surface area contributed by atoms with Crippen molar-refractivity contribution in [1.29, 1.82) is 0 Å². The lowest BCUT2D eigenvalue weighted by atomic mass is 10.2. The van der Waals surface area contributed by atoms with Gasteiger partial charge in [-0.1, -0.05) is 93.2 Å². The van der Waals surface area contributed by atoms with Crippen molar-refractivity contribution in [2.75, 3.05) is 0 Å². The van der Waals surface area contributed by atoms with Crippen LogP contribution in [0.15, 0.2) is 60.7 Å². The van der Waals surface area contributed by atoms with Gasteiger partial charge in [0, 0.05) is 17.9 Å². The van der Waals surface area contributed by atoms with Crippen LogP contribution in [-0.2, 0) is 18.4 Å². The highest BCUT2D eigenvalue weighted by molar-refractivity contribution is 8.18. The zero-order valence-corrected chi connectivity index (χ0v) is 14.0. The van der Waals surface area contributed by atoms with E-state index in [9.17, 15) is 0 Å². The van der Waals surface area contributed by atoms with Crippen LogP contribution >= 0.6 is 6.19 Å². The fourth-order valence-corrected chi connectivity index (χ4v) is 5.14. The third kappa shape index (κ3) is 3.38. The van der Waals surface area contributed by atoms with Crippen LogP contribution in [0.3, 0.4) is 0 Å². The van der Waals surface area contributed by atoms with Gasteiger partial charge in [0.1, 0.15) is 0 Å². The fourth-order valence-electron chi connectivity index (χ4n) is 2.15. The molecule has 1 unspecified atom stereocenters. The quantitative estimate of drug-likeness (QED) is 0.845. The molecule has 0 saturated heterocycles. The molecule has 106 valence electrons. The van der Waals surface area contributed by atoms with Gasteiger partial charge in [-0.15, -0.1) is 0 Å². The molecule has 0 saturated carbocycles. The second kappa shape index (κ2) is 6.22. The molecule has 0 amide bonds. The molecule has 0 spiro atoms. The Morgan fingerprint density at radius 2 is 1.40 bits per heavy atom. The van der Waals surface area contributed by atoms with Crippen LogP contribution < -0.4 is 10.4 Å². The molecule has 0 aliphatic carbocycles. The van der Waals surface area contributed by atoms with Gasteiger partial charge < -0.3 is 0 Å². The van der Waals surface area contributed by atoms with Crippen LogP contribution in [0.2, 0.25) is 0 Å². The number of nitrogens with one attached hydrogen (secondary N) is 1. The molecule has 1 atom stereocenters. The second-order valence-corrected chi connectivity index (χ2v) is 11.0. The Bertz CT molecular complexity index is 587. The van der Waals surface area contributed by atoms with E-state index in [1.165, 1.54) is 10.9 Å². The lowest BCUT2D eigenvalue weighted by Crippen LogP contribution is -2.32. The van der Waals surface area contributed by atoms with Gasteiger partial charge in [0.2, 0.25) is 0 Å². The van der Waals surface area contributed by atoms with Crippen molar-refractivity contribution in [3.63, 3.8) is 0 Å². The van der Waals surface area contributed by atoms with E-state index in [0.717, 1.165) is 6.54 Å². The highest BCUT2D eigenvalue weighted by Gasteiger charge is 2.32. The summed E-state index contributed by atoms with van der Waals surface area (Å²) in [6, 6.07) is 21.0. The van der Waals surface area contributed by atoms with Gasteiger partial charge in [-0.05, 0) is 10.9 Å². The third-order valence-corrected chi connectivity index (χ3v) is 9.59. The first-order valence-corrected chi connectivity index (χ1v) is 9.68. The number of hydrogen-bond acceptors (Lipinski definition) is 1. The van der Waals surface area contributed by atoms with E-state index >= 15 is 0 Å². The molecular formula is C17H22NPS. The van der Waals surface area contributed by atoms with E-state index in [2.05, 4.69) is 74.4 Å². The maximum absolute atomic E-state index is 6.10. The summed E-state index contributed by atoms with van der Waals surface area (Å²) >= 11 is 6.10. The summed E-state index contributed by atoms with van der Waals surface area (Å²) in [7, 11) is 0. The van der Waals surface area contributed by atoms with Crippen LogP contribution in [-0.4, -0.2) is 5.16 Å². The minimum absolute atomic E-state index is 0.0540. The Labute approximate surface area is 127 Å². The molecule has 3 heteroatoms. The average Bonchev–Trinajstić information content (AvgIpc) is 2.45. The highest BCUT2D eigenvalue weighted by atomic mass is 32.4. The van der Waals surface area contributed by atoms with Crippen molar-refractivity contribution in [2.24, 2.45) is 0 Å². The average molecular weight is 303 g/mol. The molecule has 0 heterocycles. The van der Waals surface area contributed by atoms with Crippen LogP contribution in [0.5, 0.6) is 0 Å². The van der Waals surface area contributed by atoms with E-state index < -0.39 is 6.19 Å². The van der Waals surface area contributed by atoms with Gasteiger partial charge in [0.05, 0.1) is 0 Å². The van der Waals surface area contributed by atoms with Gasteiger partial charge in [0.15, 0.2) is 0 Å². The van der Waals surface area contributed by atoms with Crippen molar-refractivity contribution in [1.82, 2.24) is 5.09 Å². The molecule has 2 aromatic carbocycles. The topological polar surface area (TPSA) is 12.0 Å². The Hall–Kier alpha value is -0.950. The molecule has 2 rings (SSSR count). The highest BCUT2D eigenvalue weighted by Crippen LogP contribution is 2.53. The van der Waals surface area contributed by atoms with Crippen molar-refractivity contribution in [2.45, 2.75) is 32.5 Å². The first-order valence-electron chi connectivity index (χ1n) is 6.88. The molecule has 1 N–H and O–H groups in total. The van der Waals surface area contributed by atoms with Crippen molar-refractivity contribution < 1.29 is 0 Å². The normalized spacial score (nSPS) is 14.8. The zero-order valence-electron chi connectivity index (χ0n) is 12.3. The molecule has 2 aromatic rings. The fraction of sp³-hybridized carbons (Fsp3) is 0.294. The number of hydrogen-bond donors (Lipinski definition) is 1. The minimum Gasteiger partial charge on any atom is -0.280 e. The van der Waals surface area contributed by atoms with Crippen molar-refractivity contribution in [3.05, 3.63) is 66.2 Å². The van der Waals surface area contributed by atoms with Crippen molar-refractivity contribution in [3.8, 4) is 0 Å². The van der Waals surface area contributed by atoms with E-state index in [0.29, 0.717) is 0 Å². The summed E-state index contributed by atoms with van der Waals surface area (Å²) in [6.45, 7) is 7.53. The van der Waals surface area contributed by atoms with E-state index in [1.54, 1.807) is 0 Å². The predicted octanol–water partition coefficient (Wildman–Crippen LogP) is 4.29. The van der Waals surface area contributed by atoms with Crippen LogP contribution in [0.25, 0.3) is 0 Å². The SMILES string of the molecule is CC(C)(C)P(=S)(NCc1ccccc1)c1ccccc1. The van der Waals surface area contributed by atoms with Crippen molar-refractivity contribution >= 4 is 23.3 Å². The molecule has 0 aliphatic rings. The predicted molar refractivity (Wildman–Crippen MR) is 93.4 cm³/mol. The third-order valence-electron chi connectivity index (χ3n) is 3.41. The number of benzene rings is 2. The van der Waals surface area contributed by atoms with E-state index in [-0.39, 0.29) is 5.16 Å². The summed E-state index contributed by atoms with van der Waals surface area (Å²) in [5.74, 6) is 0. The molecule has 20 heavy (non-hydrogen) atoms. The maximum atomic E-state index is 6.10. The molecular weight excluding hydrogens is 281 g/mol. The van der Waals surface area contributed by atoms with Gasteiger partial charge in [-0.3, -0.25) is 5.09 Å². The summed E-state index contributed by atoms with van der Waals surface area (Å²) in [5, 5.41) is 5.01. The molecule has 0 bridgehead atoms. The Morgan fingerprint density at radius 3 is 1.90 bits per heavy atom. The largest absolute Gasteiger partial charge is 0.280 e. The lowest BCUT2D eigenvalue weighted by molar-refractivity contribution is 0.764. The number of rotatable bonds is 4. The maximum Gasteiger partial charge on any atom is 0.0458 e. The molecule has 1 nitrogen and oxygen atoms in total. The first-order chi connectivity index (χ1) is 9.43. The monoisotopic (exact) mass is 303 g/mol. The molecule has 0 radical (unpaired) electrons. The smallest absolute Gasteiger partial charge is 0.0458 e. The summed E-state index contributed by atoms with van der Waals surface area (Å²) in [4.78, 5) is 0. The van der Waals surface area contributed by atoms with E-state index in [1.807, 2.05) is 12.1 Å². The second-order valence-electron chi connectivity index (χ2n) is 5.94. The molecule has 0 fully saturated rings. The van der Waals surface area contributed by atoms with Crippen LogP contribution in [0, 0.1) is 0 Å². The van der Waals surface area contributed by atoms with Crippen LogP contribution in [0.1, 0.15) is 26.3 Å². The molecule has 0 aliphatic heterocycles. The van der Waals surface area contributed by atoms with E-state index in [4.69, 9.17) is 11.8 Å². The first kappa shape index (κ1) is 15.4. The summed E-state index contributed by atoms with van der Waals surface area (Å²) < 4.78 is 0. The Morgan fingerprint density at radius 1 is 0.900 bits per heavy atom. The standard InChI is InChI=1S/C17H22NPS/c1-17(2,3)19(20,16-12-8-5-9-13-16)18-14-15-10-6-4-7-11-15/h4-13H,14H2,1-3H3,(H,18,20). The Kier molecular flexibility index (Phi) is 4.80. The minimum atomic E-state index is -1.84. The molecule has 0 aromatic heterocycles. The van der Waals surface area contributed by atoms with Gasteiger partial charge in [0.25, 0.3) is 0 Å². The van der Waals surface area contributed by atoms with Crippen LogP contribution in [0.4, 0.5) is 0 Å². The zero-order chi connectivity index (χ0) is 14.6. The lowest BCUT2D eigenvalue weighted by Gasteiger charge is -2.36. The Balaban J connectivity index is 2.28. The van der Waals surface area contributed by atoms with Gasteiger partial charge in [-0.25, -0.2) is 0 Å².